The lowest BCUT2D eigenvalue weighted by Gasteiger charge is -2.19. The second kappa shape index (κ2) is 5.79. The van der Waals surface area contributed by atoms with Gasteiger partial charge in [-0.2, -0.15) is 0 Å². The Morgan fingerprint density at radius 2 is 1.76 bits per heavy atom. The van der Waals surface area contributed by atoms with Crippen molar-refractivity contribution < 1.29 is 19.2 Å². The Bertz CT molecular complexity index is 759. The molecule has 0 aromatic heterocycles. The first-order valence-electron chi connectivity index (χ1n) is 8.72. The number of hydrogen-bond donors (Lipinski definition) is 1. The lowest BCUT2D eigenvalue weighted by molar-refractivity contribution is -0.143. The Labute approximate surface area is 145 Å². The van der Waals surface area contributed by atoms with Gasteiger partial charge in [-0.25, -0.2) is 0 Å². The highest BCUT2D eigenvalue weighted by atomic mass is 16.2. The molecule has 1 aromatic carbocycles. The highest BCUT2D eigenvalue weighted by Crippen LogP contribution is 2.56. The zero-order valence-corrected chi connectivity index (χ0v) is 14.0. The molecule has 25 heavy (non-hydrogen) atoms. The number of carbonyl (C=O) groups excluding carboxylic acids is 4. The Morgan fingerprint density at radius 1 is 1.12 bits per heavy atom. The number of fused-ring (bicyclic) bond motifs is 5. The van der Waals surface area contributed by atoms with Gasteiger partial charge in [-0.3, -0.25) is 24.1 Å². The van der Waals surface area contributed by atoms with E-state index < -0.39 is 5.91 Å². The van der Waals surface area contributed by atoms with E-state index in [0.717, 1.165) is 24.2 Å². The van der Waals surface area contributed by atoms with Crippen LogP contribution in [0.4, 0.5) is 5.69 Å². The number of Topliss-reactive ketones (excluding diaryl/α,β-unsaturated/α-hetero) is 1. The van der Waals surface area contributed by atoms with Gasteiger partial charge in [0.15, 0.2) is 5.78 Å². The van der Waals surface area contributed by atoms with E-state index in [-0.39, 0.29) is 36.0 Å². The number of benzene rings is 1. The fourth-order valence-corrected chi connectivity index (χ4v) is 4.79. The molecule has 4 unspecified atom stereocenters. The van der Waals surface area contributed by atoms with Crippen LogP contribution in [0.2, 0.25) is 0 Å². The van der Waals surface area contributed by atoms with Crippen LogP contribution in [0.3, 0.4) is 0 Å². The summed E-state index contributed by atoms with van der Waals surface area (Å²) < 4.78 is 0. The zero-order chi connectivity index (χ0) is 17.7. The number of nitrogens with zero attached hydrogens (tertiary/aromatic N) is 1. The van der Waals surface area contributed by atoms with Crippen LogP contribution in [0.1, 0.15) is 36.5 Å². The van der Waals surface area contributed by atoms with Gasteiger partial charge in [0, 0.05) is 11.3 Å². The predicted octanol–water partition coefficient (Wildman–Crippen LogP) is 1.86. The maximum atomic E-state index is 12.6. The largest absolute Gasteiger partial charge is 0.325 e. The normalized spacial score (nSPS) is 29.9. The van der Waals surface area contributed by atoms with Gasteiger partial charge in [0.25, 0.3) is 0 Å². The number of hydrogen-bond acceptors (Lipinski definition) is 4. The van der Waals surface area contributed by atoms with Crippen molar-refractivity contribution in [3.63, 3.8) is 0 Å². The fourth-order valence-electron chi connectivity index (χ4n) is 4.79. The SMILES string of the molecule is CC(=O)c1cccc(NC(=O)CN2C(=O)C3C4CCC(C4)C3C2=O)c1. The van der Waals surface area contributed by atoms with E-state index in [1.54, 1.807) is 24.3 Å². The van der Waals surface area contributed by atoms with Crippen molar-refractivity contribution in [2.75, 3.05) is 11.9 Å². The summed E-state index contributed by atoms with van der Waals surface area (Å²) in [5, 5.41) is 2.67. The molecule has 3 aliphatic rings. The molecule has 4 rings (SSSR count). The van der Waals surface area contributed by atoms with E-state index in [1.165, 1.54) is 6.92 Å². The van der Waals surface area contributed by atoms with E-state index in [2.05, 4.69) is 5.32 Å². The third kappa shape index (κ3) is 2.56. The smallest absolute Gasteiger partial charge is 0.244 e. The number of carbonyl (C=O) groups is 4. The molecule has 1 N–H and O–H groups in total. The predicted molar refractivity (Wildman–Crippen MR) is 89.6 cm³/mol. The van der Waals surface area contributed by atoms with Crippen LogP contribution in [-0.2, 0) is 14.4 Å². The summed E-state index contributed by atoms with van der Waals surface area (Å²) in [5.41, 5.74) is 0.981. The third-order valence-electron chi connectivity index (χ3n) is 5.87. The average molecular weight is 340 g/mol. The molecular formula is C19H20N2O4. The summed E-state index contributed by atoms with van der Waals surface area (Å²) in [6.07, 6.45) is 3.01. The minimum atomic E-state index is -0.422. The molecular weight excluding hydrogens is 320 g/mol. The topological polar surface area (TPSA) is 83.6 Å². The molecule has 0 spiro atoms. The second-order valence-corrected chi connectivity index (χ2v) is 7.33. The van der Waals surface area contributed by atoms with Crippen molar-refractivity contribution in [3.05, 3.63) is 29.8 Å². The first-order valence-corrected chi connectivity index (χ1v) is 8.72. The van der Waals surface area contributed by atoms with Gasteiger partial charge in [0.05, 0.1) is 11.8 Å². The van der Waals surface area contributed by atoms with Gasteiger partial charge < -0.3 is 5.32 Å². The minimum absolute atomic E-state index is 0.0932. The third-order valence-corrected chi connectivity index (χ3v) is 5.87. The molecule has 1 aliphatic heterocycles. The molecule has 6 nitrogen and oxygen atoms in total. The van der Waals surface area contributed by atoms with Crippen molar-refractivity contribution in [2.45, 2.75) is 26.2 Å². The summed E-state index contributed by atoms with van der Waals surface area (Å²) in [6, 6.07) is 6.61. The number of ketones is 1. The standard InChI is InChI=1S/C19H20N2O4/c1-10(22)11-3-2-4-14(8-11)20-15(23)9-21-18(24)16-12-5-6-13(7-12)17(16)19(21)25/h2-4,8,12-13,16-17H,5-7,9H2,1H3,(H,20,23). The first kappa shape index (κ1) is 16.0. The summed E-state index contributed by atoms with van der Waals surface area (Å²) in [4.78, 5) is 50.0. The van der Waals surface area contributed by atoms with E-state index >= 15 is 0 Å². The van der Waals surface area contributed by atoms with Gasteiger partial charge in [0.1, 0.15) is 6.54 Å². The molecule has 2 aliphatic carbocycles. The summed E-state index contributed by atoms with van der Waals surface area (Å²) in [5.74, 6) is -0.678. The molecule has 2 saturated carbocycles. The maximum Gasteiger partial charge on any atom is 0.244 e. The highest BCUT2D eigenvalue weighted by Gasteiger charge is 2.60. The first-order chi connectivity index (χ1) is 12.0. The monoisotopic (exact) mass is 340 g/mol. The average Bonchev–Trinajstić information content (AvgIpc) is 3.25. The van der Waals surface area contributed by atoms with Crippen LogP contribution in [0, 0.1) is 23.7 Å². The van der Waals surface area contributed by atoms with Crippen LogP contribution in [0.15, 0.2) is 24.3 Å². The summed E-state index contributed by atoms with van der Waals surface area (Å²) in [7, 11) is 0. The van der Waals surface area contributed by atoms with Crippen molar-refractivity contribution in [1.82, 2.24) is 4.90 Å². The zero-order valence-electron chi connectivity index (χ0n) is 14.0. The van der Waals surface area contributed by atoms with Crippen LogP contribution < -0.4 is 5.32 Å². The van der Waals surface area contributed by atoms with Gasteiger partial charge in [0.2, 0.25) is 17.7 Å². The molecule has 1 aromatic rings. The van der Waals surface area contributed by atoms with Gasteiger partial charge in [-0.05, 0) is 50.2 Å². The molecule has 1 heterocycles. The molecule has 3 fully saturated rings. The van der Waals surface area contributed by atoms with Crippen molar-refractivity contribution in [2.24, 2.45) is 23.7 Å². The quantitative estimate of drug-likeness (QED) is 0.670. The minimum Gasteiger partial charge on any atom is -0.325 e. The van der Waals surface area contributed by atoms with Crippen molar-refractivity contribution >= 4 is 29.2 Å². The van der Waals surface area contributed by atoms with Crippen LogP contribution in [0.25, 0.3) is 0 Å². The Balaban J connectivity index is 1.45. The van der Waals surface area contributed by atoms with E-state index in [0.29, 0.717) is 23.1 Å². The Kier molecular flexibility index (Phi) is 3.71. The van der Waals surface area contributed by atoms with Gasteiger partial charge in [-0.1, -0.05) is 12.1 Å². The van der Waals surface area contributed by atoms with E-state index in [1.807, 2.05) is 0 Å². The maximum absolute atomic E-state index is 12.6. The number of anilines is 1. The van der Waals surface area contributed by atoms with Crippen LogP contribution >= 0.6 is 0 Å². The molecule has 3 amide bonds. The lowest BCUT2D eigenvalue weighted by atomic mass is 9.81. The van der Waals surface area contributed by atoms with Crippen LogP contribution in [0.5, 0.6) is 0 Å². The van der Waals surface area contributed by atoms with Crippen molar-refractivity contribution in [1.29, 1.82) is 0 Å². The van der Waals surface area contributed by atoms with Gasteiger partial charge >= 0.3 is 0 Å². The number of amides is 3. The summed E-state index contributed by atoms with van der Waals surface area (Å²) in [6.45, 7) is 1.20. The fraction of sp³-hybridized carbons (Fsp3) is 0.474. The lowest BCUT2D eigenvalue weighted by Crippen LogP contribution is -2.39. The number of rotatable bonds is 4. The molecule has 1 saturated heterocycles. The highest BCUT2D eigenvalue weighted by molar-refractivity contribution is 6.09. The summed E-state index contributed by atoms with van der Waals surface area (Å²) >= 11 is 0. The molecule has 0 radical (unpaired) electrons. The number of imide groups is 1. The van der Waals surface area contributed by atoms with E-state index in [9.17, 15) is 19.2 Å². The molecule has 4 atom stereocenters. The van der Waals surface area contributed by atoms with Crippen LogP contribution in [-0.4, -0.2) is 34.9 Å². The second-order valence-electron chi connectivity index (χ2n) is 7.33. The van der Waals surface area contributed by atoms with Gasteiger partial charge in [-0.15, -0.1) is 0 Å². The van der Waals surface area contributed by atoms with E-state index in [4.69, 9.17) is 0 Å². The molecule has 130 valence electrons. The molecule has 2 bridgehead atoms. The number of nitrogens with one attached hydrogen (secondary N) is 1. The van der Waals surface area contributed by atoms with Crippen molar-refractivity contribution in [3.8, 4) is 0 Å². The molecule has 6 heteroatoms. The Hall–Kier alpha value is -2.50. The Morgan fingerprint density at radius 3 is 2.36 bits per heavy atom. The number of likely N-dealkylation sites (tertiary alicyclic amines) is 1.